The zero-order chi connectivity index (χ0) is 17.3. The number of carbonyl (C=O) groups excluding carboxylic acids is 1. The minimum Gasteiger partial charge on any atom is -0.486 e. The number of nitrogens with zero attached hydrogens (tertiary/aromatic N) is 1. The van der Waals surface area contributed by atoms with Crippen LogP contribution in [0.3, 0.4) is 0 Å². The van der Waals surface area contributed by atoms with Crippen molar-refractivity contribution < 1.29 is 14.3 Å². The number of rotatable bonds is 3. The number of hydrogen-bond donors (Lipinski definition) is 1. The van der Waals surface area contributed by atoms with E-state index in [0.29, 0.717) is 23.7 Å². The maximum absolute atomic E-state index is 12.7. The molecule has 128 valence electrons. The summed E-state index contributed by atoms with van der Waals surface area (Å²) in [5.74, 6) is 1.38. The van der Waals surface area contributed by atoms with Crippen LogP contribution in [0.5, 0.6) is 11.5 Å². The van der Waals surface area contributed by atoms with Gasteiger partial charge in [0.25, 0.3) is 5.91 Å². The standard InChI is InChI=1S/C19H18N2O3S/c20-11-13-9-17(25-12-13)18(22)21-19(5-1-2-6-19)14-3-4-15-16(10-14)24-8-7-23-15/h3-4,9-10,12H,1-2,5-8H2,(H,21,22). The second-order valence-electron chi connectivity index (χ2n) is 6.41. The molecule has 0 saturated heterocycles. The number of carbonyl (C=O) groups is 1. The Labute approximate surface area is 150 Å². The van der Waals surface area contributed by atoms with E-state index in [0.717, 1.165) is 42.7 Å². The molecule has 6 heteroatoms. The largest absolute Gasteiger partial charge is 0.486 e. The molecule has 4 rings (SSSR count). The van der Waals surface area contributed by atoms with Crippen LogP contribution in [0.2, 0.25) is 0 Å². The van der Waals surface area contributed by atoms with Gasteiger partial charge in [-0.25, -0.2) is 0 Å². The summed E-state index contributed by atoms with van der Waals surface area (Å²) < 4.78 is 11.3. The van der Waals surface area contributed by atoms with Gasteiger partial charge in [0.2, 0.25) is 0 Å². The highest BCUT2D eigenvalue weighted by atomic mass is 32.1. The molecule has 0 bridgehead atoms. The molecule has 0 atom stereocenters. The first kappa shape index (κ1) is 16.0. The SMILES string of the molecule is N#Cc1csc(C(=O)NC2(c3ccc4c(c3)OCCO4)CCCC2)c1. The molecule has 2 aromatic rings. The van der Waals surface area contributed by atoms with E-state index >= 15 is 0 Å². The van der Waals surface area contributed by atoms with Gasteiger partial charge >= 0.3 is 0 Å². The lowest BCUT2D eigenvalue weighted by molar-refractivity contribution is 0.0902. The minimum atomic E-state index is -0.385. The molecule has 1 fully saturated rings. The minimum absolute atomic E-state index is 0.122. The van der Waals surface area contributed by atoms with Crippen LogP contribution in [0.1, 0.15) is 46.5 Å². The van der Waals surface area contributed by atoms with Crippen LogP contribution in [0.15, 0.2) is 29.6 Å². The van der Waals surface area contributed by atoms with E-state index in [2.05, 4.69) is 11.4 Å². The molecule has 2 heterocycles. The van der Waals surface area contributed by atoms with Gasteiger partial charge in [0.1, 0.15) is 19.3 Å². The second-order valence-corrected chi connectivity index (χ2v) is 7.32. The number of amides is 1. The molecule has 1 amide bonds. The van der Waals surface area contributed by atoms with Crippen molar-refractivity contribution in [3.63, 3.8) is 0 Å². The summed E-state index contributed by atoms with van der Waals surface area (Å²) >= 11 is 1.30. The average Bonchev–Trinajstić information content (AvgIpc) is 3.31. The van der Waals surface area contributed by atoms with Gasteiger partial charge in [-0.1, -0.05) is 18.9 Å². The number of fused-ring (bicyclic) bond motifs is 1. The Bertz CT molecular complexity index is 847. The van der Waals surface area contributed by atoms with Crippen LogP contribution in [-0.2, 0) is 5.54 Å². The summed E-state index contributed by atoms with van der Waals surface area (Å²) in [7, 11) is 0. The van der Waals surface area contributed by atoms with Crippen molar-refractivity contribution in [1.82, 2.24) is 5.32 Å². The molecule has 1 aromatic heterocycles. The number of nitrogens with one attached hydrogen (secondary N) is 1. The van der Waals surface area contributed by atoms with Crippen molar-refractivity contribution in [3.8, 4) is 17.6 Å². The first-order valence-electron chi connectivity index (χ1n) is 8.41. The predicted octanol–water partition coefficient (Wildman–Crippen LogP) is 3.59. The molecule has 0 unspecified atom stereocenters. The molecule has 1 aromatic carbocycles. The van der Waals surface area contributed by atoms with Gasteiger partial charge in [-0.15, -0.1) is 11.3 Å². The third-order valence-electron chi connectivity index (χ3n) is 4.86. The summed E-state index contributed by atoms with van der Waals surface area (Å²) in [5.41, 5.74) is 1.19. The summed E-state index contributed by atoms with van der Waals surface area (Å²) in [6, 6.07) is 9.66. The second kappa shape index (κ2) is 6.41. The van der Waals surface area contributed by atoms with Crippen molar-refractivity contribution in [2.45, 2.75) is 31.2 Å². The van der Waals surface area contributed by atoms with E-state index in [-0.39, 0.29) is 11.4 Å². The van der Waals surface area contributed by atoms with Crippen LogP contribution in [0.4, 0.5) is 0 Å². The fraction of sp³-hybridized carbons (Fsp3) is 0.368. The Kier molecular flexibility index (Phi) is 4.10. The predicted molar refractivity (Wildman–Crippen MR) is 94.1 cm³/mol. The number of benzene rings is 1. The van der Waals surface area contributed by atoms with Gasteiger partial charge in [0.15, 0.2) is 11.5 Å². The fourth-order valence-corrected chi connectivity index (χ4v) is 4.33. The molecule has 1 aliphatic carbocycles. The zero-order valence-electron chi connectivity index (χ0n) is 13.7. The van der Waals surface area contributed by atoms with Gasteiger partial charge in [-0.2, -0.15) is 5.26 Å². The fourth-order valence-electron chi connectivity index (χ4n) is 3.60. The normalized spacial score (nSPS) is 17.7. The molecular formula is C19H18N2O3S. The molecule has 5 nitrogen and oxygen atoms in total. The average molecular weight is 354 g/mol. The van der Waals surface area contributed by atoms with Gasteiger partial charge < -0.3 is 14.8 Å². The van der Waals surface area contributed by atoms with Crippen molar-refractivity contribution >= 4 is 17.2 Å². The maximum atomic E-state index is 12.7. The Morgan fingerprint density at radius 3 is 2.64 bits per heavy atom. The molecule has 1 saturated carbocycles. The van der Waals surface area contributed by atoms with E-state index in [1.807, 2.05) is 18.2 Å². The van der Waals surface area contributed by atoms with E-state index in [1.54, 1.807) is 11.4 Å². The highest BCUT2D eigenvalue weighted by Crippen LogP contribution is 2.42. The van der Waals surface area contributed by atoms with Gasteiger partial charge in [-0.3, -0.25) is 4.79 Å². The molecule has 0 spiro atoms. The Balaban J connectivity index is 1.63. The van der Waals surface area contributed by atoms with Crippen LogP contribution < -0.4 is 14.8 Å². The molecule has 1 N–H and O–H groups in total. The van der Waals surface area contributed by atoms with Gasteiger partial charge in [0, 0.05) is 5.38 Å². The Morgan fingerprint density at radius 2 is 1.92 bits per heavy atom. The lowest BCUT2D eigenvalue weighted by atomic mass is 9.87. The highest BCUT2D eigenvalue weighted by molar-refractivity contribution is 7.12. The number of hydrogen-bond acceptors (Lipinski definition) is 5. The molecule has 1 aliphatic heterocycles. The molecule has 0 radical (unpaired) electrons. The summed E-state index contributed by atoms with van der Waals surface area (Å²) in [6.45, 7) is 1.11. The van der Waals surface area contributed by atoms with Gasteiger partial charge in [-0.05, 0) is 36.6 Å². The van der Waals surface area contributed by atoms with Crippen LogP contribution >= 0.6 is 11.3 Å². The molecule has 25 heavy (non-hydrogen) atoms. The Morgan fingerprint density at radius 1 is 1.16 bits per heavy atom. The topological polar surface area (TPSA) is 71.4 Å². The highest BCUT2D eigenvalue weighted by Gasteiger charge is 2.38. The summed E-state index contributed by atoms with van der Waals surface area (Å²) in [6.07, 6.45) is 3.94. The maximum Gasteiger partial charge on any atom is 0.262 e. The van der Waals surface area contributed by atoms with E-state index < -0.39 is 0 Å². The number of ether oxygens (including phenoxy) is 2. The first-order chi connectivity index (χ1) is 12.2. The monoisotopic (exact) mass is 354 g/mol. The zero-order valence-corrected chi connectivity index (χ0v) is 14.5. The van der Waals surface area contributed by atoms with E-state index in [4.69, 9.17) is 14.7 Å². The summed E-state index contributed by atoms with van der Waals surface area (Å²) in [4.78, 5) is 13.3. The van der Waals surface area contributed by atoms with E-state index in [1.165, 1.54) is 11.3 Å². The summed E-state index contributed by atoms with van der Waals surface area (Å²) in [5, 5.41) is 13.9. The number of nitriles is 1. The van der Waals surface area contributed by atoms with Crippen LogP contribution in [0, 0.1) is 11.3 Å². The third-order valence-corrected chi connectivity index (χ3v) is 5.79. The van der Waals surface area contributed by atoms with Crippen molar-refractivity contribution in [3.05, 3.63) is 45.6 Å². The smallest absolute Gasteiger partial charge is 0.262 e. The van der Waals surface area contributed by atoms with Gasteiger partial charge in [0.05, 0.1) is 16.0 Å². The number of thiophene rings is 1. The van der Waals surface area contributed by atoms with Crippen molar-refractivity contribution in [2.75, 3.05) is 13.2 Å². The Hall–Kier alpha value is -2.52. The van der Waals surface area contributed by atoms with E-state index in [9.17, 15) is 4.79 Å². The first-order valence-corrected chi connectivity index (χ1v) is 9.29. The van der Waals surface area contributed by atoms with Crippen molar-refractivity contribution in [2.24, 2.45) is 0 Å². The molecular weight excluding hydrogens is 336 g/mol. The lowest BCUT2D eigenvalue weighted by Gasteiger charge is -2.32. The van der Waals surface area contributed by atoms with Crippen LogP contribution in [-0.4, -0.2) is 19.1 Å². The molecule has 2 aliphatic rings. The quantitative estimate of drug-likeness (QED) is 0.914. The lowest BCUT2D eigenvalue weighted by Crippen LogP contribution is -2.43. The van der Waals surface area contributed by atoms with Crippen molar-refractivity contribution in [1.29, 1.82) is 5.26 Å². The third kappa shape index (κ3) is 2.96. The van der Waals surface area contributed by atoms with Crippen LogP contribution in [0.25, 0.3) is 0 Å².